The zero-order valence-corrected chi connectivity index (χ0v) is 15.0. The molecule has 0 aromatic rings. The van der Waals surface area contributed by atoms with E-state index in [1.807, 2.05) is 0 Å². The highest BCUT2D eigenvalue weighted by atomic mass is 16.8. The van der Waals surface area contributed by atoms with Gasteiger partial charge in [-0.15, -0.1) is 0 Å². The molecule has 6 N–H and O–H groups in total. The first-order valence-corrected chi connectivity index (χ1v) is 8.73. The van der Waals surface area contributed by atoms with E-state index in [0.717, 1.165) is 6.26 Å². The number of aliphatic hydroxyl groups excluding tert-OH is 5. The van der Waals surface area contributed by atoms with Crippen molar-refractivity contribution in [3.8, 4) is 0 Å². The van der Waals surface area contributed by atoms with Crippen molar-refractivity contribution in [3.05, 3.63) is 23.5 Å². The number of rotatable bonds is 6. The number of ether oxygens (including phenoxy) is 4. The van der Waals surface area contributed by atoms with Gasteiger partial charge < -0.3 is 49.6 Å². The molecule has 0 saturated carbocycles. The fourth-order valence-corrected chi connectivity index (χ4v) is 3.87. The Morgan fingerprint density at radius 2 is 1.82 bits per heavy atom. The van der Waals surface area contributed by atoms with Crippen LogP contribution in [0.5, 0.6) is 0 Å². The van der Waals surface area contributed by atoms with Gasteiger partial charge in [-0.1, -0.05) is 6.08 Å². The number of carboxylic acid groups (broad SMARTS) is 1. The molecule has 3 rings (SSSR count). The van der Waals surface area contributed by atoms with Gasteiger partial charge in [-0.05, 0) is 5.57 Å². The van der Waals surface area contributed by atoms with Crippen LogP contribution in [0.25, 0.3) is 0 Å². The number of methoxy groups -OCH3 is 1. The standard InChI is InChI=1S/C17H24O11/c1-25-8-2-6(3-18)10-11(8)7(15(23)24)5-26-16(10)28-17-14(22)13(21)12(20)9(4-19)27-17/h2,5,8-14,16-22H,3-4H2,1H3,(H,23,24)/t8-,9-,10-,11+,12-,13+,14-,16+,17+/m1/s1. The Balaban J connectivity index is 1.86. The van der Waals surface area contributed by atoms with Gasteiger partial charge >= 0.3 is 5.97 Å². The van der Waals surface area contributed by atoms with Crippen molar-refractivity contribution in [1.82, 2.24) is 0 Å². The van der Waals surface area contributed by atoms with E-state index in [1.54, 1.807) is 6.08 Å². The summed E-state index contributed by atoms with van der Waals surface area (Å²) in [5, 5.41) is 58.3. The molecule has 9 atom stereocenters. The zero-order chi connectivity index (χ0) is 20.6. The van der Waals surface area contributed by atoms with Gasteiger partial charge in [0.05, 0.1) is 37.1 Å². The topological polar surface area (TPSA) is 175 Å². The fraction of sp³-hybridized carbons (Fsp3) is 0.706. The predicted octanol–water partition coefficient (Wildman–Crippen LogP) is -2.69. The summed E-state index contributed by atoms with van der Waals surface area (Å²) in [7, 11) is 1.40. The average Bonchev–Trinajstić information content (AvgIpc) is 3.07. The van der Waals surface area contributed by atoms with Crippen molar-refractivity contribution < 1.29 is 54.4 Å². The largest absolute Gasteiger partial charge is 0.478 e. The molecular formula is C17H24O11. The summed E-state index contributed by atoms with van der Waals surface area (Å²) in [5.74, 6) is -2.68. The summed E-state index contributed by atoms with van der Waals surface area (Å²) in [5.41, 5.74) is 0.364. The first kappa shape index (κ1) is 21.1. The maximum atomic E-state index is 11.6. The van der Waals surface area contributed by atoms with E-state index in [2.05, 4.69) is 0 Å². The molecule has 1 aliphatic carbocycles. The van der Waals surface area contributed by atoms with Crippen LogP contribution < -0.4 is 0 Å². The highest BCUT2D eigenvalue weighted by Gasteiger charge is 2.52. The quantitative estimate of drug-likeness (QED) is 0.254. The van der Waals surface area contributed by atoms with Gasteiger partial charge in [-0.2, -0.15) is 0 Å². The molecule has 0 amide bonds. The molecule has 11 heteroatoms. The van der Waals surface area contributed by atoms with E-state index >= 15 is 0 Å². The molecule has 0 radical (unpaired) electrons. The van der Waals surface area contributed by atoms with Crippen LogP contribution in [0.15, 0.2) is 23.5 Å². The van der Waals surface area contributed by atoms with E-state index in [9.17, 15) is 35.4 Å². The molecule has 2 aliphatic heterocycles. The lowest BCUT2D eigenvalue weighted by Gasteiger charge is -2.43. The van der Waals surface area contributed by atoms with Crippen LogP contribution in [0.4, 0.5) is 0 Å². The summed E-state index contributed by atoms with van der Waals surface area (Å²) in [6.07, 6.45) is -6.68. The molecule has 3 aliphatic rings. The number of carbonyl (C=O) groups is 1. The monoisotopic (exact) mass is 404 g/mol. The Hall–Kier alpha value is -1.57. The van der Waals surface area contributed by atoms with E-state index < -0.39 is 74.1 Å². The van der Waals surface area contributed by atoms with Gasteiger partial charge in [-0.25, -0.2) is 4.79 Å². The van der Waals surface area contributed by atoms with E-state index in [0.29, 0.717) is 5.57 Å². The van der Waals surface area contributed by atoms with Crippen molar-refractivity contribution >= 4 is 5.97 Å². The summed E-state index contributed by atoms with van der Waals surface area (Å²) in [4.78, 5) is 11.6. The maximum Gasteiger partial charge on any atom is 0.335 e. The molecule has 0 aromatic carbocycles. The van der Waals surface area contributed by atoms with Crippen LogP contribution in [-0.2, 0) is 23.7 Å². The van der Waals surface area contributed by atoms with E-state index in [-0.39, 0.29) is 5.57 Å². The van der Waals surface area contributed by atoms with Gasteiger partial charge in [-0.3, -0.25) is 0 Å². The van der Waals surface area contributed by atoms with E-state index in [4.69, 9.17) is 18.9 Å². The molecule has 1 fully saturated rings. The Morgan fingerprint density at radius 1 is 1.11 bits per heavy atom. The lowest BCUT2D eigenvalue weighted by atomic mass is 9.82. The van der Waals surface area contributed by atoms with Gasteiger partial charge in [0.25, 0.3) is 0 Å². The number of fused-ring (bicyclic) bond motifs is 1. The number of aliphatic hydroxyl groups is 5. The van der Waals surface area contributed by atoms with Crippen molar-refractivity contribution in [2.45, 2.75) is 43.1 Å². The highest BCUT2D eigenvalue weighted by Crippen LogP contribution is 2.45. The minimum atomic E-state index is -1.65. The zero-order valence-electron chi connectivity index (χ0n) is 15.0. The van der Waals surface area contributed by atoms with Crippen molar-refractivity contribution in [1.29, 1.82) is 0 Å². The second kappa shape index (κ2) is 8.43. The van der Waals surface area contributed by atoms with Gasteiger partial charge in [0.15, 0.2) is 6.29 Å². The first-order chi connectivity index (χ1) is 13.3. The molecule has 1 saturated heterocycles. The molecule has 2 heterocycles. The summed E-state index contributed by atoms with van der Waals surface area (Å²) < 4.78 is 21.7. The summed E-state index contributed by atoms with van der Waals surface area (Å²) in [6.45, 7) is -1.02. The third-order valence-corrected chi connectivity index (χ3v) is 5.35. The highest BCUT2D eigenvalue weighted by molar-refractivity contribution is 5.87. The van der Waals surface area contributed by atoms with E-state index in [1.165, 1.54) is 7.11 Å². The van der Waals surface area contributed by atoms with Crippen LogP contribution in [0, 0.1) is 11.8 Å². The SMILES string of the molecule is CO[C@@H]1C=C(CO)[C@H]2[C@H](O[C@@H]3O[C@H](CO)[C@@H](O)[C@H](O)[C@H]3O)OC=C(C(=O)O)[C@H]21. The molecule has 0 unspecified atom stereocenters. The van der Waals surface area contributed by atoms with Gasteiger partial charge in [0.1, 0.15) is 24.4 Å². The van der Waals surface area contributed by atoms with Crippen LogP contribution in [0.2, 0.25) is 0 Å². The lowest BCUT2D eigenvalue weighted by Crippen LogP contribution is -2.60. The molecule has 0 bridgehead atoms. The minimum Gasteiger partial charge on any atom is -0.478 e. The molecule has 0 spiro atoms. The molecule has 11 nitrogen and oxygen atoms in total. The third kappa shape index (κ3) is 3.55. The maximum absolute atomic E-state index is 11.6. The predicted molar refractivity (Wildman–Crippen MR) is 88.4 cm³/mol. The summed E-state index contributed by atoms with van der Waals surface area (Å²) >= 11 is 0. The Labute approximate surface area is 160 Å². The number of hydrogen-bond donors (Lipinski definition) is 6. The van der Waals surface area contributed by atoms with Crippen LogP contribution in [-0.4, -0.2) is 100 Å². The van der Waals surface area contributed by atoms with Crippen molar-refractivity contribution in [3.63, 3.8) is 0 Å². The molecule has 28 heavy (non-hydrogen) atoms. The number of carboxylic acids is 1. The Bertz CT molecular complexity index is 645. The van der Waals surface area contributed by atoms with Gasteiger partial charge in [0, 0.05) is 13.0 Å². The molecule has 158 valence electrons. The molecular weight excluding hydrogens is 380 g/mol. The molecule has 0 aromatic heterocycles. The number of hydrogen-bond acceptors (Lipinski definition) is 10. The van der Waals surface area contributed by atoms with Crippen LogP contribution in [0.3, 0.4) is 0 Å². The lowest BCUT2D eigenvalue weighted by molar-refractivity contribution is -0.340. The average molecular weight is 404 g/mol. The smallest absolute Gasteiger partial charge is 0.335 e. The Morgan fingerprint density at radius 3 is 2.39 bits per heavy atom. The van der Waals surface area contributed by atoms with Crippen molar-refractivity contribution in [2.75, 3.05) is 20.3 Å². The Kier molecular flexibility index (Phi) is 6.37. The van der Waals surface area contributed by atoms with Crippen LogP contribution >= 0.6 is 0 Å². The number of aliphatic carboxylic acids is 1. The van der Waals surface area contributed by atoms with Crippen molar-refractivity contribution in [2.24, 2.45) is 11.8 Å². The summed E-state index contributed by atoms with van der Waals surface area (Å²) in [6, 6.07) is 0. The van der Waals surface area contributed by atoms with Gasteiger partial charge in [0.2, 0.25) is 6.29 Å². The third-order valence-electron chi connectivity index (χ3n) is 5.35. The minimum absolute atomic E-state index is 0.0646. The second-order valence-corrected chi connectivity index (χ2v) is 6.87. The normalized spacial score (nSPS) is 43.0. The van der Waals surface area contributed by atoms with Crippen LogP contribution in [0.1, 0.15) is 0 Å². The second-order valence-electron chi connectivity index (χ2n) is 6.87. The fourth-order valence-electron chi connectivity index (χ4n) is 3.87. The first-order valence-electron chi connectivity index (χ1n) is 8.73.